The monoisotopic (exact) mass is 390 g/mol. The van der Waals surface area contributed by atoms with Gasteiger partial charge >= 0.3 is 0 Å². The molecule has 6 heteroatoms. The molecular formula is C23H26N4O2. The van der Waals surface area contributed by atoms with Gasteiger partial charge in [-0.05, 0) is 68.2 Å². The fraction of sp³-hybridized carbons (Fsp3) is 0.478. The molecule has 2 fully saturated rings. The topological polar surface area (TPSA) is 87.9 Å². The summed E-state index contributed by atoms with van der Waals surface area (Å²) >= 11 is 0. The lowest BCUT2D eigenvalue weighted by atomic mass is 9.53. The molecule has 1 N–H and O–H groups in total. The van der Waals surface area contributed by atoms with Gasteiger partial charge in [0.25, 0.3) is 5.91 Å². The molecule has 2 aliphatic rings. The predicted molar refractivity (Wildman–Crippen MR) is 109 cm³/mol. The van der Waals surface area contributed by atoms with Crippen LogP contribution < -0.4 is 10.1 Å². The van der Waals surface area contributed by atoms with Crippen molar-refractivity contribution < 1.29 is 9.53 Å². The Hall–Kier alpha value is -2.94. The molecule has 0 saturated heterocycles. The molecule has 1 aromatic carbocycles. The molecule has 0 aliphatic heterocycles. The number of rotatable bonds is 5. The third-order valence-corrected chi connectivity index (χ3v) is 6.22. The maximum Gasteiger partial charge on any atom is 0.254 e. The van der Waals surface area contributed by atoms with Gasteiger partial charge in [-0.25, -0.2) is 9.97 Å². The Kier molecular flexibility index (Phi) is 4.99. The lowest BCUT2D eigenvalue weighted by Crippen LogP contribution is -2.58. The van der Waals surface area contributed by atoms with Crippen LogP contribution in [0.15, 0.2) is 24.5 Å². The van der Waals surface area contributed by atoms with Crippen LogP contribution in [-0.2, 0) is 6.42 Å². The predicted octanol–water partition coefficient (Wildman–Crippen LogP) is 3.65. The molecule has 1 spiro atoms. The Morgan fingerprint density at radius 1 is 1.21 bits per heavy atom. The number of aromatic nitrogens is 2. The molecule has 6 nitrogen and oxygen atoms in total. The maximum atomic E-state index is 12.3. The third kappa shape index (κ3) is 3.82. The molecule has 0 radical (unpaired) electrons. The minimum absolute atomic E-state index is 0.0943. The number of hydrogen-bond acceptors (Lipinski definition) is 5. The fourth-order valence-electron chi connectivity index (χ4n) is 4.69. The molecule has 0 bridgehead atoms. The summed E-state index contributed by atoms with van der Waals surface area (Å²) in [5.41, 5.74) is 3.47. The second-order valence-electron chi connectivity index (χ2n) is 8.51. The zero-order valence-electron chi connectivity index (χ0n) is 17.2. The number of hydrogen-bond donors (Lipinski definition) is 1. The van der Waals surface area contributed by atoms with Crippen LogP contribution in [0.2, 0.25) is 0 Å². The number of ether oxygens (including phenoxy) is 1. The van der Waals surface area contributed by atoms with Gasteiger partial charge in [0.2, 0.25) is 0 Å². The van der Waals surface area contributed by atoms with Crippen molar-refractivity contribution in [1.82, 2.24) is 15.3 Å². The van der Waals surface area contributed by atoms with Crippen LogP contribution in [-0.4, -0.2) is 28.0 Å². The standard InChI is InChI=1S/C23H26N4O2/c1-4-21-25-12-16(13-26-21)22(28)27-17-7-23(8-17)9-19(10-23)29-18-5-14(2)20(11-24)15(3)6-18/h5-6,12-13,17,19H,4,7-10H2,1-3H3,(H,27,28). The van der Waals surface area contributed by atoms with E-state index in [1.807, 2.05) is 32.9 Å². The Morgan fingerprint density at radius 3 is 2.38 bits per heavy atom. The van der Waals surface area contributed by atoms with Crippen LogP contribution >= 0.6 is 0 Å². The van der Waals surface area contributed by atoms with E-state index in [4.69, 9.17) is 4.74 Å². The molecule has 2 aromatic rings. The molecule has 2 aliphatic carbocycles. The molecule has 150 valence electrons. The number of nitrogens with one attached hydrogen (secondary N) is 1. The Morgan fingerprint density at radius 2 is 1.83 bits per heavy atom. The van der Waals surface area contributed by atoms with Crippen LogP contribution in [0, 0.1) is 30.6 Å². The van der Waals surface area contributed by atoms with E-state index in [9.17, 15) is 10.1 Å². The van der Waals surface area contributed by atoms with Crippen molar-refractivity contribution in [3.8, 4) is 11.8 Å². The molecule has 29 heavy (non-hydrogen) atoms. The van der Waals surface area contributed by atoms with Gasteiger partial charge in [0.05, 0.1) is 23.3 Å². The zero-order chi connectivity index (χ0) is 20.6. The summed E-state index contributed by atoms with van der Waals surface area (Å²) in [6.45, 7) is 5.88. The quantitative estimate of drug-likeness (QED) is 0.842. The first-order chi connectivity index (χ1) is 13.9. The zero-order valence-corrected chi connectivity index (χ0v) is 17.2. The van der Waals surface area contributed by atoms with E-state index in [2.05, 4.69) is 21.4 Å². The van der Waals surface area contributed by atoms with Crippen LogP contribution in [0.4, 0.5) is 0 Å². The summed E-state index contributed by atoms with van der Waals surface area (Å²) in [5, 5.41) is 12.3. The number of carbonyl (C=O) groups is 1. The summed E-state index contributed by atoms with van der Waals surface area (Å²) in [4.78, 5) is 20.7. The van der Waals surface area contributed by atoms with E-state index in [0.29, 0.717) is 11.0 Å². The number of nitriles is 1. The molecule has 1 heterocycles. The number of nitrogens with zero attached hydrogens (tertiary/aromatic N) is 3. The molecule has 4 rings (SSSR count). The van der Waals surface area contributed by atoms with Gasteiger partial charge in [0, 0.05) is 24.9 Å². The van der Waals surface area contributed by atoms with Crippen molar-refractivity contribution in [3.63, 3.8) is 0 Å². The van der Waals surface area contributed by atoms with E-state index in [1.54, 1.807) is 12.4 Å². The highest BCUT2D eigenvalue weighted by molar-refractivity contribution is 5.93. The number of amides is 1. The number of carbonyl (C=O) groups excluding carboxylic acids is 1. The van der Waals surface area contributed by atoms with Gasteiger partial charge in [0.15, 0.2) is 0 Å². The van der Waals surface area contributed by atoms with Crippen LogP contribution in [0.1, 0.15) is 65.5 Å². The third-order valence-electron chi connectivity index (χ3n) is 6.22. The van der Waals surface area contributed by atoms with E-state index in [-0.39, 0.29) is 18.1 Å². The van der Waals surface area contributed by atoms with Crippen LogP contribution in [0.3, 0.4) is 0 Å². The first-order valence-corrected chi connectivity index (χ1v) is 10.2. The second-order valence-corrected chi connectivity index (χ2v) is 8.51. The summed E-state index contributed by atoms with van der Waals surface area (Å²) in [5.74, 6) is 1.50. The first-order valence-electron chi connectivity index (χ1n) is 10.2. The highest BCUT2D eigenvalue weighted by Gasteiger charge is 2.54. The van der Waals surface area contributed by atoms with E-state index < -0.39 is 0 Å². The highest BCUT2D eigenvalue weighted by atomic mass is 16.5. The fourth-order valence-corrected chi connectivity index (χ4v) is 4.69. The van der Waals surface area contributed by atoms with Crippen molar-refractivity contribution >= 4 is 5.91 Å². The lowest BCUT2D eigenvalue weighted by molar-refractivity contribution is -0.0833. The van der Waals surface area contributed by atoms with Crippen molar-refractivity contribution in [2.24, 2.45) is 5.41 Å². The van der Waals surface area contributed by atoms with Gasteiger partial charge in [-0.1, -0.05) is 6.92 Å². The molecule has 1 aromatic heterocycles. The smallest absolute Gasteiger partial charge is 0.254 e. The minimum Gasteiger partial charge on any atom is -0.490 e. The normalized spacial score (nSPS) is 24.9. The van der Waals surface area contributed by atoms with Gasteiger partial charge in [-0.15, -0.1) is 0 Å². The lowest BCUT2D eigenvalue weighted by Gasteiger charge is -2.57. The summed E-state index contributed by atoms with van der Waals surface area (Å²) in [6.07, 6.45) is 8.22. The average Bonchev–Trinajstić information content (AvgIpc) is 2.64. The van der Waals surface area contributed by atoms with Crippen LogP contribution in [0.5, 0.6) is 5.75 Å². The Labute approximate surface area is 171 Å². The molecule has 0 atom stereocenters. The number of aryl methyl sites for hydroxylation is 3. The summed E-state index contributed by atoms with van der Waals surface area (Å²) in [6, 6.07) is 6.36. The van der Waals surface area contributed by atoms with Gasteiger partial charge in [-0.2, -0.15) is 5.26 Å². The van der Waals surface area contributed by atoms with E-state index in [1.165, 1.54) is 0 Å². The van der Waals surface area contributed by atoms with Crippen molar-refractivity contribution in [2.75, 3.05) is 0 Å². The van der Waals surface area contributed by atoms with E-state index >= 15 is 0 Å². The molecule has 0 unspecified atom stereocenters. The first kappa shape index (κ1) is 19.4. The average molecular weight is 390 g/mol. The Balaban J connectivity index is 1.25. The Bertz CT molecular complexity index is 940. The minimum atomic E-state index is -0.0943. The van der Waals surface area contributed by atoms with Crippen molar-refractivity contribution in [3.05, 3.63) is 52.6 Å². The SMILES string of the molecule is CCc1ncc(C(=O)NC2CC3(C2)CC(Oc2cc(C)c(C#N)c(C)c2)C3)cn1. The van der Waals surface area contributed by atoms with Gasteiger partial charge in [-0.3, -0.25) is 4.79 Å². The maximum absolute atomic E-state index is 12.3. The van der Waals surface area contributed by atoms with Crippen LogP contribution in [0.25, 0.3) is 0 Å². The summed E-state index contributed by atoms with van der Waals surface area (Å²) < 4.78 is 6.14. The number of benzene rings is 1. The second kappa shape index (κ2) is 7.47. The highest BCUT2D eigenvalue weighted by Crippen LogP contribution is 2.56. The molecule has 2 saturated carbocycles. The summed E-state index contributed by atoms with van der Waals surface area (Å²) in [7, 11) is 0. The van der Waals surface area contributed by atoms with Gasteiger partial charge < -0.3 is 10.1 Å². The molecule has 1 amide bonds. The van der Waals surface area contributed by atoms with Gasteiger partial charge in [0.1, 0.15) is 11.6 Å². The van der Waals surface area contributed by atoms with Crippen molar-refractivity contribution in [2.45, 2.75) is 65.0 Å². The van der Waals surface area contributed by atoms with E-state index in [0.717, 1.165) is 60.4 Å². The largest absolute Gasteiger partial charge is 0.490 e. The van der Waals surface area contributed by atoms with Crippen molar-refractivity contribution in [1.29, 1.82) is 5.26 Å². The molecular weight excluding hydrogens is 364 g/mol.